The molecule has 2 amide bonds. The van der Waals surface area contributed by atoms with Crippen LogP contribution in [-0.2, 0) is 9.59 Å². The molecule has 4 rings (SSSR count). The lowest BCUT2D eigenvalue weighted by Crippen LogP contribution is -2.40. The van der Waals surface area contributed by atoms with Gasteiger partial charge in [0.1, 0.15) is 11.1 Å². The van der Waals surface area contributed by atoms with Gasteiger partial charge >= 0.3 is 0 Å². The molecule has 0 radical (unpaired) electrons. The van der Waals surface area contributed by atoms with E-state index in [0.29, 0.717) is 46.9 Å². The van der Waals surface area contributed by atoms with Crippen molar-refractivity contribution in [1.29, 1.82) is 5.26 Å². The fraction of sp³-hybridized carbons (Fsp3) is 0.522. The number of halogens is 1. The molecule has 0 aromatic carbocycles. The van der Waals surface area contributed by atoms with Crippen molar-refractivity contribution in [3.63, 3.8) is 0 Å². The van der Waals surface area contributed by atoms with Crippen molar-refractivity contribution in [2.75, 3.05) is 13.7 Å². The molecule has 3 atom stereocenters. The predicted octanol–water partition coefficient (Wildman–Crippen LogP) is 2.75. The number of carbonyl (C=O) groups is 3. The molecular formula is C23H26ClN5O4. The van der Waals surface area contributed by atoms with Crippen LogP contribution >= 0.6 is 11.6 Å². The maximum Gasteiger partial charge on any atom is 0.233 e. The van der Waals surface area contributed by atoms with Crippen LogP contribution in [-0.4, -0.2) is 47.3 Å². The van der Waals surface area contributed by atoms with Crippen LogP contribution < -0.4 is 15.4 Å². The average molecular weight is 472 g/mol. The summed E-state index contributed by atoms with van der Waals surface area (Å²) in [6.45, 7) is 0.588. The molecule has 2 aromatic heterocycles. The van der Waals surface area contributed by atoms with Crippen LogP contribution in [0.15, 0.2) is 12.3 Å². The Kier molecular flexibility index (Phi) is 6.84. The molecule has 9 nitrogen and oxygen atoms in total. The number of nitriles is 1. The molecule has 3 heterocycles. The molecule has 1 aliphatic heterocycles. The number of aromatic nitrogens is 2. The quantitative estimate of drug-likeness (QED) is 0.455. The molecule has 2 aromatic rings. The molecule has 33 heavy (non-hydrogen) atoms. The first-order chi connectivity index (χ1) is 15.9. The van der Waals surface area contributed by atoms with Crippen molar-refractivity contribution in [3.8, 4) is 11.9 Å². The summed E-state index contributed by atoms with van der Waals surface area (Å²) in [6, 6.07) is 2.96. The number of nitrogens with one attached hydrogen (secondary N) is 3. The number of hydrogen-bond donors (Lipinski definition) is 3. The molecule has 1 saturated carbocycles. The second kappa shape index (κ2) is 9.79. The fourth-order valence-electron chi connectivity index (χ4n) is 4.30. The lowest BCUT2D eigenvalue weighted by Gasteiger charge is -2.19. The summed E-state index contributed by atoms with van der Waals surface area (Å²) in [5, 5.41) is 15.9. The number of Topliss-reactive ketones (excluding diaryl/α,β-unsaturated/α-hetero) is 1. The first-order valence-electron chi connectivity index (χ1n) is 11.1. The van der Waals surface area contributed by atoms with Gasteiger partial charge < -0.3 is 20.4 Å². The van der Waals surface area contributed by atoms with Crippen LogP contribution in [0.4, 0.5) is 0 Å². The number of amides is 2. The van der Waals surface area contributed by atoms with Crippen LogP contribution in [0.25, 0.3) is 10.9 Å². The maximum atomic E-state index is 13.0. The number of H-pyrrole nitrogens is 1. The monoisotopic (exact) mass is 471 g/mol. The summed E-state index contributed by atoms with van der Waals surface area (Å²) in [5.74, 6) is -0.763. The number of ketones is 1. The smallest absolute Gasteiger partial charge is 0.233 e. The molecule has 1 aliphatic carbocycles. The van der Waals surface area contributed by atoms with E-state index in [1.54, 1.807) is 12.3 Å². The van der Waals surface area contributed by atoms with E-state index in [2.05, 4.69) is 26.7 Å². The average Bonchev–Trinajstić information content (AvgIpc) is 3.36. The van der Waals surface area contributed by atoms with Crippen molar-refractivity contribution in [2.45, 2.75) is 44.6 Å². The standard InChI is InChI=1S/C23H26ClN5O4/c1-33-23-20(24)16-9-17(29-18(16)11-27-23)19(30)8-14(6-12-2-3-12)22(32)28-15(10-25)7-13-4-5-26-21(13)31/h9,11-15,29H,2-8H2,1H3,(H,26,31)(H,28,32)/t13-,14+,15-/m0/s1. The highest BCUT2D eigenvalue weighted by Crippen LogP contribution is 2.37. The van der Waals surface area contributed by atoms with Gasteiger partial charge in [-0.05, 0) is 31.2 Å². The van der Waals surface area contributed by atoms with E-state index < -0.39 is 12.0 Å². The lowest BCUT2D eigenvalue weighted by atomic mass is 9.93. The summed E-state index contributed by atoms with van der Waals surface area (Å²) in [4.78, 5) is 45.1. The highest BCUT2D eigenvalue weighted by atomic mass is 35.5. The van der Waals surface area contributed by atoms with Crippen molar-refractivity contribution in [1.82, 2.24) is 20.6 Å². The molecule has 2 aliphatic rings. The number of carbonyl (C=O) groups excluding carboxylic acids is 3. The Labute approximate surface area is 196 Å². The van der Waals surface area contributed by atoms with Gasteiger partial charge in [0.2, 0.25) is 17.7 Å². The van der Waals surface area contributed by atoms with Crippen molar-refractivity contribution < 1.29 is 19.1 Å². The summed E-state index contributed by atoms with van der Waals surface area (Å²) in [5.41, 5.74) is 0.946. The minimum absolute atomic E-state index is 0.0133. The topological polar surface area (TPSA) is 137 Å². The van der Waals surface area contributed by atoms with E-state index in [0.717, 1.165) is 12.8 Å². The molecule has 3 N–H and O–H groups in total. The number of aromatic amines is 1. The third-order valence-corrected chi connectivity index (χ3v) is 6.72. The van der Waals surface area contributed by atoms with E-state index >= 15 is 0 Å². The van der Waals surface area contributed by atoms with Gasteiger partial charge in [0.25, 0.3) is 0 Å². The third-order valence-electron chi connectivity index (χ3n) is 6.35. The highest BCUT2D eigenvalue weighted by Gasteiger charge is 2.34. The van der Waals surface area contributed by atoms with Gasteiger partial charge in [0.15, 0.2) is 5.78 Å². The zero-order valence-electron chi connectivity index (χ0n) is 18.3. The van der Waals surface area contributed by atoms with Gasteiger partial charge in [0, 0.05) is 30.2 Å². The SMILES string of the molecule is COc1ncc2[nH]c(C(=O)C[C@@H](CC3CC3)C(=O)N[C@H](C#N)C[C@@H]3CCNC3=O)cc2c1Cl. The number of fused-ring (bicyclic) bond motifs is 1. The minimum atomic E-state index is -0.770. The third kappa shape index (κ3) is 5.28. The molecule has 10 heteroatoms. The first-order valence-corrected chi connectivity index (χ1v) is 11.5. The molecule has 2 fully saturated rings. The van der Waals surface area contributed by atoms with E-state index in [9.17, 15) is 19.6 Å². The number of ether oxygens (including phenoxy) is 1. The zero-order valence-corrected chi connectivity index (χ0v) is 19.1. The number of methoxy groups -OCH3 is 1. The maximum absolute atomic E-state index is 13.0. The van der Waals surface area contributed by atoms with Crippen LogP contribution in [0.5, 0.6) is 5.88 Å². The van der Waals surface area contributed by atoms with Gasteiger partial charge in [-0.2, -0.15) is 5.26 Å². The number of nitrogens with zero attached hydrogens (tertiary/aromatic N) is 2. The Balaban J connectivity index is 1.45. The summed E-state index contributed by atoms with van der Waals surface area (Å²) < 4.78 is 5.13. The molecule has 0 spiro atoms. The molecule has 174 valence electrons. The van der Waals surface area contributed by atoms with E-state index in [1.165, 1.54) is 7.11 Å². The zero-order chi connectivity index (χ0) is 23.5. The second-order valence-electron chi connectivity index (χ2n) is 8.80. The van der Waals surface area contributed by atoms with Gasteiger partial charge in [0.05, 0.1) is 30.6 Å². The molecule has 0 unspecified atom stereocenters. The van der Waals surface area contributed by atoms with E-state index in [-0.39, 0.29) is 42.2 Å². The molecule has 0 bridgehead atoms. The predicted molar refractivity (Wildman–Crippen MR) is 121 cm³/mol. The van der Waals surface area contributed by atoms with Gasteiger partial charge in [-0.15, -0.1) is 0 Å². The van der Waals surface area contributed by atoms with Crippen LogP contribution in [0.2, 0.25) is 5.02 Å². The number of hydrogen-bond acceptors (Lipinski definition) is 6. The Bertz CT molecular complexity index is 1120. The largest absolute Gasteiger partial charge is 0.480 e. The van der Waals surface area contributed by atoms with Crippen LogP contribution in [0, 0.1) is 29.1 Å². The van der Waals surface area contributed by atoms with Crippen molar-refractivity contribution in [2.24, 2.45) is 17.8 Å². The number of rotatable bonds is 10. The summed E-state index contributed by atoms with van der Waals surface area (Å²) in [6.07, 6.45) is 5.15. The Morgan fingerprint density at radius 1 is 1.36 bits per heavy atom. The Morgan fingerprint density at radius 3 is 2.79 bits per heavy atom. The molecule has 1 saturated heterocycles. The van der Waals surface area contributed by atoms with Gasteiger partial charge in [-0.25, -0.2) is 4.98 Å². The van der Waals surface area contributed by atoms with Crippen LogP contribution in [0.3, 0.4) is 0 Å². The fourth-order valence-corrected chi connectivity index (χ4v) is 4.58. The second-order valence-corrected chi connectivity index (χ2v) is 9.18. The minimum Gasteiger partial charge on any atom is -0.480 e. The van der Waals surface area contributed by atoms with Gasteiger partial charge in [-0.1, -0.05) is 24.4 Å². The Hall–Kier alpha value is -3.12. The van der Waals surface area contributed by atoms with Crippen LogP contribution in [0.1, 0.15) is 49.0 Å². The van der Waals surface area contributed by atoms with E-state index in [4.69, 9.17) is 16.3 Å². The first kappa shape index (κ1) is 23.1. The molecular weight excluding hydrogens is 446 g/mol. The van der Waals surface area contributed by atoms with Crippen molar-refractivity contribution in [3.05, 3.63) is 23.0 Å². The van der Waals surface area contributed by atoms with Crippen molar-refractivity contribution >= 4 is 40.1 Å². The number of pyridine rings is 1. The van der Waals surface area contributed by atoms with Gasteiger partial charge in [-0.3, -0.25) is 14.4 Å². The summed E-state index contributed by atoms with van der Waals surface area (Å²) >= 11 is 6.30. The summed E-state index contributed by atoms with van der Waals surface area (Å²) in [7, 11) is 1.47. The highest BCUT2D eigenvalue weighted by molar-refractivity contribution is 6.36. The lowest BCUT2D eigenvalue weighted by molar-refractivity contribution is -0.127. The normalized spacial score (nSPS) is 19.5. The van der Waals surface area contributed by atoms with E-state index in [1.807, 2.05) is 0 Å². The Morgan fingerprint density at radius 2 is 2.15 bits per heavy atom.